The fourth-order valence-electron chi connectivity index (χ4n) is 2.70. The van der Waals surface area contributed by atoms with E-state index in [-0.39, 0.29) is 11.5 Å². The van der Waals surface area contributed by atoms with Crippen LogP contribution < -0.4 is 14.9 Å². The fourth-order valence-corrected chi connectivity index (χ4v) is 2.88. The maximum atomic E-state index is 12.9. The molecule has 138 valence electrons. The number of hydrogen-bond acceptors (Lipinski definition) is 5. The van der Waals surface area contributed by atoms with Gasteiger partial charge in [-0.15, -0.1) is 0 Å². The molecule has 1 heterocycles. The number of halogens is 1. The summed E-state index contributed by atoms with van der Waals surface area (Å²) in [6, 6.07) is 11.0. The van der Waals surface area contributed by atoms with Gasteiger partial charge in [-0.3, -0.25) is 4.79 Å². The number of rotatable bonds is 5. The molecule has 6 nitrogen and oxygen atoms in total. The van der Waals surface area contributed by atoms with Gasteiger partial charge < -0.3 is 14.6 Å². The zero-order chi connectivity index (χ0) is 19.6. The Morgan fingerprint density at radius 1 is 1.30 bits per heavy atom. The number of anilines is 1. The lowest BCUT2D eigenvalue weighted by Crippen LogP contribution is -2.24. The van der Waals surface area contributed by atoms with Crippen molar-refractivity contribution < 1.29 is 19.4 Å². The SMILES string of the molecule is CCOc1ccc(Cl)cc1/C=C1\C(=O)N(c2cccc(C(=O)[O-])c2)N=C1C. The van der Waals surface area contributed by atoms with Crippen LogP contribution >= 0.6 is 11.6 Å². The van der Waals surface area contributed by atoms with Gasteiger partial charge in [-0.2, -0.15) is 10.1 Å². The van der Waals surface area contributed by atoms with Crippen molar-refractivity contribution in [2.24, 2.45) is 5.10 Å². The van der Waals surface area contributed by atoms with Crippen LogP contribution in [0.2, 0.25) is 5.02 Å². The Bertz CT molecular complexity index is 982. The van der Waals surface area contributed by atoms with E-state index in [9.17, 15) is 14.7 Å². The maximum Gasteiger partial charge on any atom is 0.280 e. The van der Waals surface area contributed by atoms with Gasteiger partial charge in [-0.05, 0) is 55.8 Å². The summed E-state index contributed by atoms with van der Waals surface area (Å²) >= 11 is 6.07. The standard InChI is InChI=1S/C20H17ClN2O4/c1-3-27-18-8-7-15(21)9-14(18)11-17-12(2)22-23(19(17)24)16-6-4-5-13(10-16)20(25)26/h4-11H,3H2,1-2H3,(H,25,26)/p-1/b17-11-. The van der Waals surface area contributed by atoms with Crippen molar-refractivity contribution in [1.82, 2.24) is 0 Å². The number of ether oxygens (including phenoxy) is 1. The lowest BCUT2D eigenvalue weighted by atomic mass is 10.1. The van der Waals surface area contributed by atoms with E-state index in [0.29, 0.717) is 39.9 Å². The second-order valence-electron chi connectivity index (χ2n) is 5.81. The minimum Gasteiger partial charge on any atom is -0.545 e. The molecule has 0 atom stereocenters. The van der Waals surface area contributed by atoms with Crippen molar-refractivity contribution >= 4 is 41.0 Å². The Balaban J connectivity index is 1.99. The molecule has 27 heavy (non-hydrogen) atoms. The number of carbonyl (C=O) groups excluding carboxylic acids is 2. The summed E-state index contributed by atoms with van der Waals surface area (Å²) in [6.45, 7) is 4.04. The predicted octanol–water partition coefficient (Wildman–Crippen LogP) is 2.91. The number of carboxylic acids is 1. The van der Waals surface area contributed by atoms with Crippen molar-refractivity contribution in [2.45, 2.75) is 13.8 Å². The largest absolute Gasteiger partial charge is 0.545 e. The average Bonchev–Trinajstić information content (AvgIpc) is 2.92. The fraction of sp³-hybridized carbons (Fsp3) is 0.150. The maximum absolute atomic E-state index is 12.9. The lowest BCUT2D eigenvalue weighted by Gasteiger charge is -2.13. The first-order valence-electron chi connectivity index (χ1n) is 8.26. The van der Waals surface area contributed by atoms with Crippen molar-refractivity contribution in [3.05, 3.63) is 64.2 Å². The van der Waals surface area contributed by atoms with Crippen LogP contribution in [0.25, 0.3) is 6.08 Å². The Morgan fingerprint density at radius 2 is 2.07 bits per heavy atom. The number of nitrogens with zero attached hydrogens (tertiary/aromatic N) is 2. The molecule has 0 aliphatic carbocycles. The Hall–Kier alpha value is -3.12. The zero-order valence-electron chi connectivity index (χ0n) is 14.7. The zero-order valence-corrected chi connectivity index (χ0v) is 15.5. The summed E-state index contributed by atoms with van der Waals surface area (Å²) < 4.78 is 5.59. The number of carbonyl (C=O) groups is 2. The molecule has 0 bridgehead atoms. The molecule has 2 aromatic rings. The molecule has 0 fully saturated rings. The first-order chi connectivity index (χ1) is 12.9. The number of amides is 1. The van der Waals surface area contributed by atoms with Crippen molar-refractivity contribution in [3.63, 3.8) is 0 Å². The van der Waals surface area contributed by atoms with Crippen molar-refractivity contribution in [1.29, 1.82) is 0 Å². The number of carboxylic acid groups (broad SMARTS) is 1. The third-order valence-electron chi connectivity index (χ3n) is 3.96. The van der Waals surface area contributed by atoms with Crippen LogP contribution in [0.1, 0.15) is 29.8 Å². The molecule has 0 spiro atoms. The number of hydrogen-bond donors (Lipinski definition) is 0. The van der Waals surface area contributed by atoms with Gasteiger partial charge in [-0.1, -0.05) is 23.7 Å². The summed E-state index contributed by atoms with van der Waals surface area (Å²) in [6.07, 6.45) is 1.67. The third kappa shape index (κ3) is 3.85. The molecule has 0 N–H and O–H groups in total. The molecule has 1 aliphatic rings. The van der Waals surface area contributed by atoms with Gasteiger partial charge in [-0.25, -0.2) is 0 Å². The van der Waals surface area contributed by atoms with E-state index in [2.05, 4.69) is 5.10 Å². The first kappa shape index (κ1) is 18.7. The highest BCUT2D eigenvalue weighted by Crippen LogP contribution is 2.29. The van der Waals surface area contributed by atoms with E-state index in [1.54, 1.807) is 37.3 Å². The molecule has 1 amide bonds. The smallest absolute Gasteiger partial charge is 0.280 e. The molecule has 0 unspecified atom stereocenters. The van der Waals surface area contributed by atoms with Crippen molar-refractivity contribution in [2.75, 3.05) is 11.6 Å². The molecule has 0 aromatic heterocycles. The van der Waals surface area contributed by atoms with Crippen LogP contribution in [-0.2, 0) is 4.79 Å². The van der Waals surface area contributed by atoms with Gasteiger partial charge in [0, 0.05) is 10.6 Å². The van der Waals surface area contributed by atoms with E-state index < -0.39 is 5.97 Å². The van der Waals surface area contributed by atoms with Gasteiger partial charge in [0.25, 0.3) is 5.91 Å². The van der Waals surface area contributed by atoms with E-state index in [1.165, 1.54) is 23.2 Å². The lowest BCUT2D eigenvalue weighted by molar-refractivity contribution is -0.255. The summed E-state index contributed by atoms with van der Waals surface area (Å²) in [5.74, 6) is -1.09. The van der Waals surface area contributed by atoms with Crippen LogP contribution in [-0.4, -0.2) is 24.2 Å². The second kappa shape index (κ2) is 7.63. The van der Waals surface area contributed by atoms with Crippen LogP contribution in [0.5, 0.6) is 5.75 Å². The molecule has 7 heteroatoms. The van der Waals surface area contributed by atoms with Gasteiger partial charge in [0.15, 0.2) is 0 Å². The molecule has 0 radical (unpaired) electrons. The highest BCUT2D eigenvalue weighted by atomic mass is 35.5. The van der Waals surface area contributed by atoms with Gasteiger partial charge in [0.05, 0.1) is 29.5 Å². The minimum atomic E-state index is -1.32. The predicted molar refractivity (Wildman–Crippen MR) is 102 cm³/mol. The Kier molecular flexibility index (Phi) is 5.28. The van der Waals surface area contributed by atoms with Gasteiger partial charge in [0.1, 0.15) is 5.75 Å². The monoisotopic (exact) mass is 383 g/mol. The first-order valence-corrected chi connectivity index (χ1v) is 8.64. The van der Waals surface area contributed by atoms with E-state index in [1.807, 2.05) is 6.92 Å². The van der Waals surface area contributed by atoms with Gasteiger partial charge >= 0.3 is 0 Å². The van der Waals surface area contributed by atoms with Crippen LogP contribution in [0.3, 0.4) is 0 Å². The molecular weight excluding hydrogens is 368 g/mol. The topological polar surface area (TPSA) is 82.0 Å². The van der Waals surface area contributed by atoms with Crippen LogP contribution in [0, 0.1) is 0 Å². The normalized spacial score (nSPS) is 15.2. The molecular formula is C20H16ClN2O4-. The van der Waals surface area contributed by atoms with Crippen LogP contribution in [0.15, 0.2) is 53.1 Å². The molecule has 3 rings (SSSR count). The van der Waals surface area contributed by atoms with Crippen LogP contribution in [0.4, 0.5) is 5.69 Å². The van der Waals surface area contributed by atoms with E-state index in [0.717, 1.165) is 0 Å². The molecule has 0 saturated carbocycles. The summed E-state index contributed by atoms with van der Waals surface area (Å²) in [5, 5.41) is 17.0. The van der Waals surface area contributed by atoms with Crippen molar-refractivity contribution in [3.8, 4) is 5.75 Å². The summed E-state index contributed by atoms with van der Waals surface area (Å²) in [7, 11) is 0. The van der Waals surface area contributed by atoms with E-state index in [4.69, 9.17) is 16.3 Å². The Labute approximate surface area is 161 Å². The molecule has 0 saturated heterocycles. The molecule has 2 aromatic carbocycles. The third-order valence-corrected chi connectivity index (χ3v) is 4.20. The highest BCUT2D eigenvalue weighted by Gasteiger charge is 2.29. The highest BCUT2D eigenvalue weighted by molar-refractivity contribution is 6.33. The number of benzene rings is 2. The van der Waals surface area contributed by atoms with E-state index >= 15 is 0 Å². The minimum absolute atomic E-state index is 0.0287. The number of aromatic carboxylic acids is 1. The molecule has 1 aliphatic heterocycles. The number of hydrazone groups is 1. The Morgan fingerprint density at radius 3 is 2.78 bits per heavy atom. The average molecular weight is 384 g/mol. The second-order valence-corrected chi connectivity index (χ2v) is 6.25. The quantitative estimate of drug-likeness (QED) is 0.743. The summed E-state index contributed by atoms with van der Waals surface area (Å²) in [5.41, 5.74) is 1.85. The summed E-state index contributed by atoms with van der Waals surface area (Å²) in [4.78, 5) is 23.9. The van der Waals surface area contributed by atoms with Gasteiger partial charge in [0.2, 0.25) is 0 Å².